The Labute approximate surface area is 437 Å². The van der Waals surface area contributed by atoms with Gasteiger partial charge in [-0.2, -0.15) is 30.2 Å². The van der Waals surface area contributed by atoms with Crippen molar-refractivity contribution in [2.45, 2.75) is 208 Å². The van der Waals surface area contributed by atoms with Gasteiger partial charge in [-0.15, -0.1) is 0 Å². The minimum absolute atomic E-state index is 0. The number of ether oxygens (including phenoxy) is 2. The molecule has 3 fully saturated rings. The Kier molecular flexibility index (Phi) is 22.6. The van der Waals surface area contributed by atoms with Crippen LogP contribution in [0.1, 0.15) is 151 Å². The number of nitrogens with one attached hydrogen (secondary N) is 2. The Morgan fingerprint density at radius 3 is 1.19 bits per heavy atom. The molecule has 3 aliphatic heterocycles. The highest BCUT2D eigenvalue weighted by atomic mass is 16.6. The van der Waals surface area contributed by atoms with Gasteiger partial charge in [0.1, 0.15) is 12.2 Å². The van der Waals surface area contributed by atoms with Crippen LogP contribution in [-0.2, 0) is 23.9 Å². The van der Waals surface area contributed by atoms with E-state index in [1.165, 1.54) is 45.1 Å². The van der Waals surface area contributed by atoms with Crippen LogP contribution in [0.2, 0.25) is 0 Å². The van der Waals surface area contributed by atoms with E-state index in [4.69, 9.17) is 9.47 Å². The number of aliphatic hydroxyl groups is 1. The molecule has 19 heteroatoms. The molecule has 19 nitrogen and oxygen atoms in total. The zero-order valence-electron chi connectivity index (χ0n) is 45.5. The molecular weight excluding hydrogens is 949 g/mol. The van der Waals surface area contributed by atoms with E-state index in [0.717, 1.165) is 22.4 Å². The quantitative estimate of drug-likeness (QED) is 0.0951. The van der Waals surface area contributed by atoms with Crippen LogP contribution in [0, 0.1) is 27.7 Å². The molecule has 3 saturated heterocycles. The largest absolute Gasteiger partial charge is 0.446 e. The van der Waals surface area contributed by atoms with Crippen molar-refractivity contribution in [1.29, 1.82) is 0 Å². The third kappa shape index (κ3) is 18.2. The number of hydroxylamine groups is 6. The molecule has 74 heavy (non-hydrogen) atoms. The summed E-state index contributed by atoms with van der Waals surface area (Å²) in [4.78, 5) is 65.2. The van der Waals surface area contributed by atoms with Gasteiger partial charge in [0.25, 0.3) is 0 Å². The number of aryl methyl sites for hydroxylation is 4. The fraction of sp³-hybridized carbons (Fsp3) is 0.582. The predicted octanol–water partition coefficient (Wildman–Crippen LogP) is 12.1. The lowest BCUT2D eigenvalue weighted by molar-refractivity contribution is -0.257. The second-order valence-electron chi connectivity index (χ2n) is 22.9. The third-order valence-corrected chi connectivity index (χ3v) is 13.3. The first-order valence-corrected chi connectivity index (χ1v) is 24.2. The van der Waals surface area contributed by atoms with Crippen molar-refractivity contribution in [1.82, 2.24) is 15.2 Å². The first kappa shape index (κ1) is 64.2. The van der Waals surface area contributed by atoms with Gasteiger partial charge < -0.3 is 30.2 Å². The Bertz CT molecular complexity index is 2500. The maximum atomic E-state index is 12.2. The summed E-state index contributed by atoms with van der Waals surface area (Å²) in [6.07, 6.45) is 5.97. The molecule has 0 unspecified atom stereocenters. The monoisotopic (exact) mass is 1030 g/mol. The molecule has 0 bridgehead atoms. The summed E-state index contributed by atoms with van der Waals surface area (Å²) < 4.78 is 11.1. The zero-order valence-corrected chi connectivity index (χ0v) is 45.5. The number of anilines is 2. The minimum atomic E-state index is -0.576. The average molecular weight is 1030 g/mol. The number of nitrogens with zero attached hydrogens (tertiary/aromatic N) is 6. The molecule has 408 valence electrons. The maximum Gasteiger partial charge on any atom is 0.411 e. The van der Waals surface area contributed by atoms with Crippen LogP contribution < -0.4 is 10.6 Å². The van der Waals surface area contributed by atoms with Crippen molar-refractivity contribution >= 4 is 58.9 Å². The number of aliphatic imine (C=N–C) groups is 3. The summed E-state index contributed by atoms with van der Waals surface area (Å²) in [6.45, 7) is 30.8. The van der Waals surface area contributed by atoms with Crippen LogP contribution in [0.3, 0.4) is 0 Å². The minimum Gasteiger partial charge on any atom is -0.446 e. The molecule has 3 aliphatic rings. The number of rotatable bonds is 7. The number of piperidine rings is 3. The van der Waals surface area contributed by atoms with Gasteiger partial charge in [-0.05, 0) is 182 Å². The molecule has 6 rings (SSSR count). The van der Waals surface area contributed by atoms with E-state index < -0.39 is 34.3 Å². The van der Waals surface area contributed by atoms with Crippen molar-refractivity contribution in [3.8, 4) is 0 Å². The second kappa shape index (κ2) is 26.0. The van der Waals surface area contributed by atoms with Crippen LogP contribution in [0.4, 0.5) is 38.0 Å². The van der Waals surface area contributed by atoms with Gasteiger partial charge in [0, 0.05) is 70.3 Å². The highest BCUT2D eigenvalue weighted by Gasteiger charge is 2.48. The standard InChI is InChI=1S/C18H25N3O4.C18H28N2O3.C9H6N2O2.C9H19NO2.CH4/c1-12-6-7-13(8-15(12)19-11-22)20-16(23)25-14-9-17(2,3)21(24)18(4,5)10-14;1-12-7-8-14(9-13(12)2)19-16(21)23-15-10-17(3,4)20(22)18(5,6)11-15;1-7-2-3-8(10-5-12)4-9(7)11-6-13;1-8(2)5-7(11)6-9(3,4)10(8)12;/h6-8,14,24H,9-10H2,1-5H3,(H,20,23);7-9,15,22H,10-11H2,1-6H3,(H,19,21);2-4H,1H3;7,11-12H,5-6H2,1-4H3;1H4. The Balaban J connectivity index is 0.000000352. The summed E-state index contributed by atoms with van der Waals surface area (Å²) in [7, 11) is 0. The van der Waals surface area contributed by atoms with Crippen molar-refractivity contribution in [3.05, 3.63) is 76.9 Å². The van der Waals surface area contributed by atoms with E-state index in [1.807, 2.05) is 122 Å². The van der Waals surface area contributed by atoms with E-state index >= 15 is 0 Å². The van der Waals surface area contributed by atoms with Crippen molar-refractivity contribution in [3.63, 3.8) is 0 Å². The van der Waals surface area contributed by atoms with Crippen LogP contribution in [0.25, 0.3) is 0 Å². The molecule has 6 N–H and O–H groups in total. The highest BCUT2D eigenvalue weighted by molar-refractivity contribution is 5.86. The van der Waals surface area contributed by atoms with E-state index in [-0.39, 0.29) is 36.8 Å². The number of aliphatic hydroxyl groups excluding tert-OH is 1. The lowest BCUT2D eigenvalue weighted by Crippen LogP contribution is -2.60. The maximum absolute atomic E-state index is 12.2. The van der Waals surface area contributed by atoms with Crippen LogP contribution in [-0.4, -0.2) is 118 Å². The molecule has 0 aromatic heterocycles. The van der Waals surface area contributed by atoms with Crippen molar-refractivity contribution < 1.29 is 54.2 Å². The van der Waals surface area contributed by atoms with E-state index in [9.17, 15) is 44.7 Å². The fourth-order valence-electron chi connectivity index (χ4n) is 9.90. The van der Waals surface area contributed by atoms with Gasteiger partial charge in [0.15, 0.2) is 0 Å². The molecule has 0 radical (unpaired) electrons. The fourth-order valence-corrected chi connectivity index (χ4v) is 9.90. The van der Waals surface area contributed by atoms with Crippen LogP contribution in [0.5, 0.6) is 0 Å². The van der Waals surface area contributed by atoms with E-state index in [1.54, 1.807) is 37.3 Å². The number of carbonyl (C=O) groups is 2. The molecule has 3 heterocycles. The van der Waals surface area contributed by atoms with E-state index in [0.29, 0.717) is 61.3 Å². The zero-order chi connectivity index (χ0) is 55.5. The Hall–Kier alpha value is -5.94. The van der Waals surface area contributed by atoms with Gasteiger partial charge in [-0.1, -0.05) is 25.6 Å². The predicted molar refractivity (Wildman–Crippen MR) is 285 cm³/mol. The van der Waals surface area contributed by atoms with Crippen LogP contribution >= 0.6 is 0 Å². The molecule has 0 spiro atoms. The summed E-state index contributed by atoms with van der Waals surface area (Å²) in [5, 5.41) is 49.5. The number of amides is 2. The van der Waals surface area contributed by atoms with Crippen molar-refractivity contribution in [2.75, 3.05) is 10.6 Å². The molecular formula is C55H82N8O11. The van der Waals surface area contributed by atoms with Gasteiger partial charge in [-0.3, -0.25) is 10.6 Å². The highest BCUT2D eigenvalue weighted by Crippen LogP contribution is 2.40. The SMILES string of the molecule is C.CC1(C)CC(O)CC(C)(C)N1O.Cc1ccc(N=C=O)cc1N=C=O.Cc1ccc(NC(=O)OC2CC(C)(C)N(O)C(C)(C)C2)cc1C.Cc1ccc(NC(=O)OC2CC(C)(C)N(O)C(C)(C)C2)cc1N=C=O. The van der Waals surface area contributed by atoms with Crippen LogP contribution in [0.15, 0.2) is 69.6 Å². The number of benzene rings is 3. The third-order valence-electron chi connectivity index (χ3n) is 13.3. The Morgan fingerprint density at radius 2 is 0.824 bits per heavy atom. The number of hydrogen-bond acceptors (Lipinski definition) is 17. The second-order valence-corrected chi connectivity index (χ2v) is 22.9. The number of isocyanates is 3. The van der Waals surface area contributed by atoms with Gasteiger partial charge in [0.05, 0.1) is 23.2 Å². The van der Waals surface area contributed by atoms with Gasteiger partial charge in [0.2, 0.25) is 18.2 Å². The van der Waals surface area contributed by atoms with Gasteiger partial charge >= 0.3 is 12.2 Å². The van der Waals surface area contributed by atoms with Gasteiger partial charge in [-0.25, -0.2) is 24.0 Å². The smallest absolute Gasteiger partial charge is 0.411 e. The summed E-state index contributed by atoms with van der Waals surface area (Å²) >= 11 is 0. The molecule has 3 aromatic carbocycles. The lowest BCUT2D eigenvalue weighted by atomic mass is 9.80. The first-order valence-electron chi connectivity index (χ1n) is 24.2. The summed E-state index contributed by atoms with van der Waals surface area (Å²) in [5.74, 6) is 0. The summed E-state index contributed by atoms with van der Waals surface area (Å²) in [6, 6.07) is 15.7. The number of carbonyl (C=O) groups excluding carboxylic acids is 5. The Morgan fingerprint density at radius 1 is 0.500 bits per heavy atom. The summed E-state index contributed by atoms with van der Waals surface area (Å²) in [5.41, 5.74) is 3.99. The van der Waals surface area contributed by atoms with E-state index in [2.05, 4.69) is 25.6 Å². The molecule has 2 amide bonds. The first-order chi connectivity index (χ1) is 33.6. The normalized spacial score (nSPS) is 19.6. The van der Waals surface area contributed by atoms with Crippen molar-refractivity contribution in [2.24, 2.45) is 15.0 Å². The lowest BCUT2D eigenvalue weighted by Gasteiger charge is -2.50. The molecule has 0 atom stereocenters. The topological polar surface area (TPSA) is 256 Å². The molecule has 0 aliphatic carbocycles. The molecule has 3 aromatic rings. The average Bonchev–Trinajstić information content (AvgIpc) is 3.25. The number of hydrogen-bond donors (Lipinski definition) is 6. The molecule has 0 saturated carbocycles.